The van der Waals surface area contributed by atoms with Gasteiger partial charge in [0.2, 0.25) is 0 Å². The maximum Gasteiger partial charge on any atom is 0.339 e. The number of benzene rings is 1. The van der Waals surface area contributed by atoms with Gasteiger partial charge in [0.15, 0.2) is 11.6 Å². The van der Waals surface area contributed by atoms with Gasteiger partial charge < -0.3 is 10.4 Å². The third-order valence-corrected chi connectivity index (χ3v) is 2.55. The van der Waals surface area contributed by atoms with Crippen molar-refractivity contribution in [2.24, 2.45) is 0 Å². The van der Waals surface area contributed by atoms with Crippen LogP contribution in [0.15, 0.2) is 24.3 Å². The second-order valence-corrected chi connectivity index (χ2v) is 4.10. The van der Waals surface area contributed by atoms with Gasteiger partial charge in [0.1, 0.15) is 22.4 Å². The molecule has 2 rings (SSSR count). The minimum absolute atomic E-state index is 0.0604. The number of aromatic nitrogens is 1. The molecule has 0 radical (unpaired) electrons. The van der Waals surface area contributed by atoms with Crippen molar-refractivity contribution in [1.82, 2.24) is 4.98 Å². The van der Waals surface area contributed by atoms with Gasteiger partial charge in [-0.3, -0.25) is 0 Å². The Kier molecular flexibility index (Phi) is 3.80. The van der Waals surface area contributed by atoms with Gasteiger partial charge in [0.25, 0.3) is 0 Å². The van der Waals surface area contributed by atoms with Crippen LogP contribution in [0.5, 0.6) is 0 Å². The fraction of sp³-hybridized carbons (Fsp3) is 0. The molecule has 0 fully saturated rings. The second kappa shape index (κ2) is 5.38. The smallest absolute Gasteiger partial charge is 0.339 e. The largest absolute Gasteiger partial charge is 0.478 e. The predicted octanol–water partition coefficient (Wildman–Crippen LogP) is 3.59. The minimum Gasteiger partial charge on any atom is -0.478 e. The summed E-state index contributed by atoms with van der Waals surface area (Å²) in [5, 5.41) is 11.1. The molecule has 0 aliphatic heterocycles. The fourth-order valence-corrected chi connectivity index (χ4v) is 1.63. The number of carbonyl (C=O) groups is 1. The summed E-state index contributed by atoms with van der Waals surface area (Å²) in [6, 6.07) is 3.39. The van der Waals surface area contributed by atoms with E-state index in [1.165, 1.54) is 6.07 Å². The lowest BCUT2D eigenvalue weighted by Gasteiger charge is -2.10. The van der Waals surface area contributed by atoms with Gasteiger partial charge >= 0.3 is 5.97 Å². The molecule has 0 saturated heterocycles. The highest BCUT2D eigenvalue weighted by Gasteiger charge is 2.16. The van der Waals surface area contributed by atoms with E-state index in [9.17, 15) is 18.0 Å². The van der Waals surface area contributed by atoms with Gasteiger partial charge in [-0.2, -0.15) is 0 Å². The summed E-state index contributed by atoms with van der Waals surface area (Å²) in [7, 11) is 0. The molecule has 8 heteroatoms. The number of hydrogen-bond acceptors (Lipinski definition) is 3. The standard InChI is InChI=1S/C12H6ClF3N2O2/c13-9-2-1-6(12(19)20)11(18-9)17-8-4-5(14)3-7(15)10(8)16/h1-4H,(H,17,18)(H,19,20). The van der Waals surface area contributed by atoms with Crippen molar-refractivity contribution in [2.75, 3.05) is 5.32 Å². The molecule has 1 aromatic heterocycles. The van der Waals surface area contributed by atoms with Crippen molar-refractivity contribution in [1.29, 1.82) is 0 Å². The summed E-state index contributed by atoms with van der Waals surface area (Å²) in [6.07, 6.45) is 0. The first-order chi connectivity index (χ1) is 9.38. The van der Waals surface area contributed by atoms with Crippen LogP contribution in [0, 0.1) is 17.5 Å². The Morgan fingerprint density at radius 3 is 2.60 bits per heavy atom. The monoisotopic (exact) mass is 302 g/mol. The second-order valence-electron chi connectivity index (χ2n) is 3.71. The SMILES string of the molecule is O=C(O)c1ccc(Cl)nc1Nc1cc(F)cc(F)c1F. The summed E-state index contributed by atoms with van der Waals surface area (Å²) >= 11 is 5.60. The number of carboxylic acid groups (broad SMARTS) is 1. The van der Waals surface area contributed by atoms with E-state index in [1.54, 1.807) is 0 Å². The van der Waals surface area contributed by atoms with Gasteiger partial charge in [-0.05, 0) is 12.1 Å². The third kappa shape index (κ3) is 2.83. The van der Waals surface area contributed by atoms with Crippen molar-refractivity contribution >= 4 is 29.1 Å². The summed E-state index contributed by atoms with van der Waals surface area (Å²) in [6.45, 7) is 0. The fourth-order valence-electron chi connectivity index (χ4n) is 1.48. The molecule has 0 bridgehead atoms. The van der Waals surface area contributed by atoms with Crippen LogP contribution < -0.4 is 5.32 Å². The molecule has 20 heavy (non-hydrogen) atoms. The topological polar surface area (TPSA) is 62.2 Å². The molecule has 0 unspecified atom stereocenters. The molecule has 0 saturated carbocycles. The van der Waals surface area contributed by atoms with E-state index in [0.29, 0.717) is 12.1 Å². The molecule has 0 amide bonds. The average Bonchev–Trinajstić information content (AvgIpc) is 2.35. The molecule has 1 aromatic carbocycles. The Hall–Kier alpha value is -2.28. The zero-order valence-corrected chi connectivity index (χ0v) is 10.4. The molecule has 4 nitrogen and oxygen atoms in total. The van der Waals surface area contributed by atoms with Crippen LogP contribution in [0.25, 0.3) is 0 Å². The van der Waals surface area contributed by atoms with Crippen LogP contribution in [0.2, 0.25) is 5.15 Å². The highest BCUT2D eigenvalue weighted by Crippen LogP contribution is 2.25. The Balaban J connectivity index is 2.50. The number of rotatable bonds is 3. The summed E-state index contributed by atoms with van der Waals surface area (Å²) in [5.74, 6) is -5.47. The number of nitrogens with zero attached hydrogens (tertiary/aromatic N) is 1. The van der Waals surface area contributed by atoms with Gasteiger partial charge in [0.05, 0.1) is 5.69 Å². The van der Waals surface area contributed by atoms with E-state index in [1.807, 2.05) is 0 Å². The van der Waals surface area contributed by atoms with Gasteiger partial charge in [-0.25, -0.2) is 22.9 Å². The van der Waals surface area contributed by atoms with E-state index in [-0.39, 0.29) is 16.5 Å². The van der Waals surface area contributed by atoms with Gasteiger partial charge in [0, 0.05) is 12.1 Å². The van der Waals surface area contributed by atoms with E-state index >= 15 is 0 Å². The molecule has 0 aliphatic rings. The molecule has 0 aliphatic carbocycles. The Morgan fingerprint density at radius 2 is 1.95 bits per heavy atom. The van der Waals surface area contributed by atoms with Crippen molar-refractivity contribution in [3.8, 4) is 0 Å². The number of halogens is 4. The van der Waals surface area contributed by atoms with Crippen molar-refractivity contribution < 1.29 is 23.1 Å². The Labute approximate surface area is 115 Å². The van der Waals surface area contributed by atoms with E-state index in [4.69, 9.17) is 16.7 Å². The first kappa shape index (κ1) is 14.1. The summed E-state index contributed by atoms with van der Waals surface area (Å²) in [4.78, 5) is 14.6. The molecule has 2 N–H and O–H groups in total. The lowest BCUT2D eigenvalue weighted by atomic mass is 10.2. The van der Waals surface area contributed by atoms with E-state index < -0.39 is 29.1 Å². The Morgan fingerprint density at radius 1 is 1.25 bits per heavy atom. The molecule has 2 aromatic rings. The Bertz CT molecular complexity index is 695. The van der Waals surface area contributed by atoms with Crippen LogP contribution in [0.4, 0.5) is 24.7 Å². The zero-order chi connectivity index (χ0) is 14.9. The first-order valence-electron chi connectivity index (χ1n) is 5.20. The predicted molar refractivity (Wildman–Crippen MR) is 65.8 cm³/mol. The van der Waals surface area contributed by atoms with Crippen LogP contribution in [0.1, 0.15) is 10.4 Å². The highest BCUT2D eigenvalue weighted by atomic mass is 35.5. The van der Waals surface area contributed by atoms with Gasteiger partial charge in [-0.15, -0.1) is 0 Å². The lowest BCUT2D eigenvalue weighted by molar-refractivity contribution is 0.0697. The molecule has 1 heterocycles. The molecule has 0 spiro atoms. The van der Waals surface area contributed by atoms with E-state index in [0.717, 1.165) is 6.07 Å². The van der Waals surface area contributed by atoms with Crippen LogP contribution >= 0.6 is 11.6 Å². The number of hydrogen-bond donors (Lipinski definition) is 2. The van der Waals surface area contributed by atoms with Gasteiger partial charge in [-0.1, -0.05) is 11.6 Å². The third-order valence-electron chi connectivity index (χ3n) is 2.34. The quantitative estimate of drug-likeness (QED) is 0.672. The number of pyridine rings is 1. The summed E-state index contributed by atoms with van der Waals surface area (Å²) < 4.78 is 39.6. The number of nitrogens with one attached hydrogen (secondary N) is 1. The van der Waals surface area contributed by atoms with Crippen LogP contribution in [-0.2, 0) is 0 Å². The zero-order valence-electron chi connectivity index (χ0n) is 9.62. The van der Waals surface area contributed by atoms with Crippen molar-refractivity contribution in [3.63, 3.8) is 0 Å². The molecular weight excluding hydrogens is 297 g/mol. The van der Waals surface area contributed by atoms with E-state index in [2.05, 4.69) is 10.3 Å². The normalized spacial score (nSPS) is 10.4. The minimum atomic E-state index is -1.41. The molecular formula is C12H6ClF3N2O2. The maximum atomic E-state index is 13.5. The number of anilines is 2. The first-order valence-corrected chi connectivity index (χ1v) is 5.57. The maximum absolute atomic E-state index is 13.5. The van der Waals surface area contributed by atoms with Crippen LogP contribution in [0.3, 0.4) is 0 Å². The number of carboxylic acids is 1. The number of aromatic carboxylic acids is 1. The van der Waals surface area contributed by atoms with Crippen LogP contribution in [-0.4, -0.2) is 16.1 Å². The molecule has 0 atom stereocenters. The van der Waals surface area contributed by atoms with Crippen molar-refractivity contribution in [3.05, 3.63) is 52.4 Å². The summed E-state index contributed by atoms with van der Waals surface area (Å²) in [5.41, 5.74) is -0.904. The van der Waals surface area contributed by atoms with Crippen molar-refractivity contribution in [2.45, 2.75) is 0 Å². The highest BCUT2D eigenvalue weighted by molar-refractivity contribution is 6.29. The lowest BCUT2D eigenvalue weighted by Crippen LogP contribution is -2.06. The molecule has 104 valence electrons. The average molecular weight is 303 g/mol.